The van der Waals surface area contributed by atoms with Gasteiger partial charge in [-0.15, -0.1) is 0 Å². The molecule has 2 atom stereocenters. The summed E-state index contributed by atoms with van der Waals surface area (Å²) in [5.74, 6) is 1.94. The van der Waals surface area contributed by atoms with Gasteiger partial charge in [-0.25, -0.2) is 4.98 Å². The highest BCUT2D eigenvalue weighted by Crippen LogP contribution is 2.18. The molecule has 9 heteroatoms. The number of guanidine groups is 1. The first-order chi connectivity index (χ1) is 15.1. The van der Waals surface area contributed by atoms with Crippen LogP contribution in [0.15, 0.2) is 40.2 Å². The van der Waals surface area contributed by atoms with E-state index in [0.29, 0.717) is 6.54 Å². The van der Waals surface area contributed by atoms with Gasteiger partial charge < -0.3 is 24.4 Å². The molecular weight excluding hydrogens is 394 g/mol. The number of aliphatic imine (C=N–C) groups is 1. The summed E-state index contributed by atoms with van der Waals surface area (Å²) in [6.07, 6.45) is 4.04. The maximum atomic E-state index is 5.82. The van der Waals surface area contributed by atoms with E-state index in [-0.39, 0.29) is 12.2 Å². The van der Waals surface area contributed by atoms with Gasteiger partial charge in [0.25, 0.3) is 0 Å². The molecule has 9 nitrogen and oxygen atoms in total. The van der Waals surface area contributed by atoms with Crippen LogP contribution in [0.3, 0.4) is 0 Å². The van der Waals surface area contributed by atoms with E-state index in [1.807, 2.05) is 19.3 Å². The second-order valence-electron chi connectivity index (χ2n) is 8.34. The quantitative estimate of drug-likeness (QED) is 0.569. The number of aromatic nitrogens is 2. The molecule has 2 unspecified atom stereocenters. The van der Waals surface area contributed by atoms with Crippen molar-refractivity contribution < 1.29 is 9.26 Å². The number of nitrogens with one attached hydrogen (secondary N) is 1. The summed E-state index contributed by atoms with van der Waals surface area (Å²) in [6, 6.07) is 6.17. The van der Waals surface area contributed by atoms with Gasteiger partial charge in [-0.3, -0.25) is 9.89 Å². The van der Waals surface area contributed by atoms with Crippen LogP contribution < -0.4 is 10.2 Å². The number of anilines is 1. The van der Waals surface area contributed by atoms with Crippen LogP contribution >= 0.6 is 0 Å². The predicted octanol–water partition coefficient (Wildman–Crippen LogP) is 1.58. The Balaban J connectivity index is 1.25. The number of rotatable bonds is 5. The maximum absolute atomic E-state index is 5.82. The molecule has 2 aromatic rings. The van der Waals surface area contributed by atoms with Crippen molar-refractivity contribution >= 4 is 11.8 Å². The van der Waals surface area contributed by atoms with Gasteiger partial charge in [0.05, 0.1) is 17.9 Å². The van der Waals surface area contributed by atoms with E-state index in [9.17, 15) is 0 Å². The predicted molar refractivity (Wildman–Crippen MR) is 120 cm³/mol. The smallest absolute Gasteiger partial charge is 0.194 e. The zero-order valence-electron chi connectivity index (χ0n) is 18.7. The van der Waals surface area contributed by atoms with E-state index in [4.69, 9.17) is 9.26 Å². The Morgan fingerprint density at radius 3 is 2.52 bits per heavy atom. The highest BCUT2D eigenvalue weighted by Gasteiger charge is 2.23. The summed E-state index contributed by atoms with van der Waals surface area (Å²) < 4.78 is 10.7. The number of piperazine rings is 1. The molecule has 4 heterocycles. The maximum Gasteiger partial charge on any atom is 0.194 e. The first kappa shape index (κ1) is 21.6. The summed E-state index contributed by atoms with van der Waals surface area (Å²) in [5, 5.41) is 7.49. The number of morpholine rings is 1. The van der Waals surface area contributed by atoms with E-state index < -0.39 is 0 Å². The lowest BCUT2D eigenvalue weighted by molar-refractivity contribution is -0.00545. The normalized spacial score (nSPS) is 23.3. The van der Waals surface area contributed by atoms with Gasteiger partial charge in [0, 0.05) is 71.7 Å². The number of nitrogens with zero attached hydrogens (tertiary/aromatic N) is 6. The third-order valence-corrected chi connectivity index (χ3v) is 5.76. The molecule has 2 saturated heterocycles. The van der Waals surface area contributed by atoms with Crippen LogP contribution in [-0.4, -0.2) is 84.4 Å². The lowest BCUT2D eigenvalue weighted by atomic mass is 10.2. The van der Waals surface area contributed by atoms with Crippen molar-refractivity contribution in [3.8, 4) is 0 Å². The van der Waals surface area contributed by atoms with Crippen LogP contribution in [0, 0.1) is 0 Å². The molecule has 168 valence electrons. The Kier molecular flexibility index (Phi) is 7.03. The fourth-order valence-electron chi connectivity index (χ4n) is 4.25. The van der Waals surface area contributed by atoms with E-state index in [2.05, 4.69) is 61.1 Å². The van der Waals surface area contributed by atoms with Crippen molar-refractivity contribution in [2.24, 2.45) is 4.99 Å². The molecule has 0 aliphatic carbocycles. The Bertz CT molecular complexity index is 822. The van der Waals surface area contributed by atoms with Gasteiger partial charge in [0.1, 0.15) is 12.1 Å². The minimum Gasteiger partial charge on any atom is -0.372 e. The zero-order chi connectivity index (χ0) is 21.6. The molecule has 2 aliphatic heterocycles. The summed E-state index contributed by atoms with van der Waals surface area (Å²) in [4.78, 5) is 16.2. The van der Waals surface area contributed by atoms with Crippen molar-refractivity contribution in [1.29, 1.82) is 0 Å². The highest BCUT2D eigenvalue weighted by molar-refractivity contribution is 5.80. The molecule has 2 aliphatic rings. The van der Waals surface area contributed by atoms with Crippen LogP contribution in [0.4, 0.5) is 5.82 Å². The Labute approximate surface area is 184 Å². The number of hydrogen-bond donors (Lipinski definition) is 1. The average Bonchev–Trinajstić information content (AvgIpc) is 3.28. The third kappa shape index (κ3) is 5.74. The Morgan fingerprint density at radius 2 is 1.90 bits per heavy atom. The summed E-state index contributed by atoms with van der Waals surface area (Å²) in [5.41, 5.74) is 2.12. The Morgan fingerprint density at radius 1 is 1.13 bits per heavy atom. The number of pyridine rings is 1. The minimum atomic E-state index is 0.228. The molecule has 0 bridgehead atoms. The molecule has 1 N–H and O–H groups in total. The SMILES string of the molecule is CN=C(NCc1ccc(N2CC(C)OC(C)C2)nc1)N1CCN(Cc2ccon2)CC1. The summed E-state index contributed by atoms with van der Waals surface area (Å²) in [7, 11) is 1.84. The van der Waals surface area contributed by atoms with Crippen LogP contribution in [0.1, 0.15) is 25.1 Å². The van der Waals surface area contributed by atoms with E-state index in [0.717, 1.165) is 68.8 Å². The first-order valence-corrected chi connectivity index (χ1v) is 11.0. The van der Waals surface area contributed by atoms with Gasteiger partial charge in [-0.2, -0.15) is 0 Å². The van der Waals surface area contributed by atoms with Crippen LogP contribution in [0.2, 0.25) is 0 Å². The topological polar surface area (TPSA) is 82.3 Å². The molecule has 0 aromatic carbocycles. The van der Waals surface area contributed by atoms with Crippen molar-refractivity contribution in [3.05, 3.63) is 41.9 Å². The Hall–Kier alpha value is -2.65. The van der Waals surface area contributed by atoms with Crippen LogP contribution in [-0.2, 0) is 17.8 Å². The standard InChI is InChI=1S/C22H33N7O2/c1-17-14-29(15-18(2)31-17)21-5-4-19(12-24-21)13-25-22(23-3)28-9-7-27(8-10-28)16-20-6-11-30-26-20/h4-6,11-12,17-18H,7-10,13-16H2,1-3H3,(H,23,25). The van der Waals surface area contributed by atoms with Crippen molar-refractivity contribution in [3.63, 3.8) is 0 Å². The molecule has 0 amide bonds. The molecule has 31 heavy (non-hydrogen) atoms. The molecule has 2 fully saturated rings. The van der Waals surface area contributed by atoms with E-state index >= 15 is 0 Å². The lowest BCUT2D eigenvalue weighted by Gasteiger charge is -2.36. The lowest BCUT2D eigenvalue weighted by Crippen LogP contribution is -2.52. The number of hydrogen-bond acceptors (Lipinski definition) is 7. The first-order valence-electron chi connectivity index (χ1n) is 11.0. The fourth-order valence-corrected chi connectivity index (χ4v) is 4.25. The highest BCUT2D eigenvalue weighted by atomic mass is 16.5. The molecule has 0 saturated carbocycles. The molecular formula is C22H33N7O2. The third-order valence-electron chi connectivity index (χ3n) is 5.76. The van der Waals surface area contributed by atoms with E-state index in [1.54, 1.807) is 6.26 Å². The van der Waals surface area contributed by atoms with Gasteiger partial charge in [0.15, 0.2) is 5.96 Å². The van der Waals surface area contributed by atoms with Gasteiger partial charge in [-0.1, -0.05) is 11.2 Å². The van der Waals surface area contributed by atoms with Gasteiger partial charge in [-0.05, 0) is 25.5 Å². The fraction of sp³-hybridized carbons (Fsp3) is 0.591. The van der Waals surface area contributed by atoms with Gasteiger partial charge >= 0.3 is 0 Å². The van der Waals surface area contributed by atoms with Gasteiger partial charge in [0.2, 0.25) is 0 Å². The van der Waals surface area contributed by atoms with Crippen LogP contribution in [0.25, 0.3) is 0 Å². The van der Waals surface area contributed by atoms with Crippen molar-refractivity contribution in [1.82, 2.24) is 25.3 Å². The largest absolute Gasteiger partial charge is 0.372 e. The van der Waals surface area contributed by atoms with Crippen LogP contribution in [0.5, 0.6) is 0 Å². The molecule has 0 spiro atoms. The second-order valence-corrected chi connectivity index (χ2v) is 8.34. The summed E-state index contributed by atoms with van der Waals surface area (Å²) >= 11 is 0. The van der Waals surface area contributed by atoms with Crippen molar-refractivity contribution in [2.75, 3.05) is 51.2 Å². The summed E-state index contributed by atoms with van der Waals surface area (Å²) in [6.45, 7) is 11.3. The zero-order valence-corrected chi connectivity index (χ0v) is 18.7. The van der Waals surface area contributed by atoms with Crippen molar-refractivity contribution in [2.45, 2.75) is 39.1 Å². The molecule has 4 rings (SSSR count). The minimum absolute atomic E-state index is 0.228. The molecule has 2 aromatic heterocycles. The molecule has 0 radical (unpaired) electrons. The monoisotopic (exact) mass is 427 g/mol. The van der Waals surface area contributed by atoms with E-state index in [1.165, 1.54) is 0 Å². The number of ether oxygens (including phenoxy) is 1. The second kappa shape index (κ2) is 10.1. The average molecular weight is 428 g/mol.